The first-order valence-corrected chi connectivity index (χ1v) is 10.4. The van der Waals surface area contributed by atoms with Gasteiger partial charge in [0.2, 0.25) is 0 Å². The molecule has 0 radical (unpaired) electrons. The van der Waals surface area contributed by atoms with Crippen LogP contribution in [-0.4, -0.2) is 69.8 Å². The van der Waals surface area contributed by atoms with Gasteiger partial charge in [-0.25, -0.2) is 0 Å². The lowest BCUT2D eigenvalue weighted by molar-refractivity contribution is 0.172. The zero-order chi connectivity index (χ0) is 19.6. The van der Waals surface area contributed by atoms with E-state index in [1.165, 1.54) is 11.1 Å². The van der Waals surface area contributed by atoms with Crippen molar-refractivity contribution < 1.29 is 0 Å². The lowest BCUT2D eigenvalue weighted by Crippen LogP contribution is -2.52. The van der Waals surface area contributed by atoms with Gasteiger partial charge in [0.05, 0.1) is 0 Å². The molecule has 8 heteroatoms. The smallest absolute Gasteiger partial charge is 0.194 e. The molecule has 3 rings (SSSR count). The van der Waals surface area contributed by atoms with E-state index in [-0.39, 0.29) is 24.0 Å². The summed E-state index contributed by atoms with van der Waals surface area (Å²) in [6, 6.07) is 8.83. The van der Waals surface area contributed by atoms with Crippen LogP contribution in [0.5, 0.6) is 0 Å². The van der Waals surface area contributed by atoms with Crippen molar-refractivity contribution in [1.82, 2.24) is 29.9 Å². The number of aryl methyl sites for hydroxylation is 2. The summed E-state index contributed by atoms with van der Waals surface area (Å²) in [4.78, 5) is 9.78. The molecule has 2 heterocycles. The Balaban J connectivity index is 0.00000300. The van der Waals surface area contributed by atoms with Crippen molar-refractivity contribution in [2.24, 2.45) is 4.99 Å². The highest BCUT2D eigenvalue weighted by molar-refractivity contribution is 14.0. The molecule has 1 aliphatic heterocycles. The second-order valence-electron chi connectivity index (χ2n) is 7.39. The number of piperazine rings is 1. The number of nitrogens with zero attached hydrogens (tertiary/aromatic N) is 6. The summed E-state index contributed by atoms with van der Waals surface area (Å²) in [5.74, 6) is 1.06. The SMILES string of the molecule is CCNC(=NCCCCn1cnnc1)N1CCN(Cc2cccc(C)c2)CC1.I. The van der Waals surface area contributed by atoms with Gasteiger partial charge in [-0.05, 0) is 32.3 Å². The Labute approximate surface area is 191 Å². The van der Waals surface area contributed by atoms with Gasteiger partial charge in [0.25, 0.3) is 0 Å². The molecule has 0 aliphatic carbocycles. The van der Waals surface area contributed by atoms with E-state index in [2.05, 4.69) is 63.4 Å². The van der Waals surface area contributed by atoms with Crippen LogP contribution in [-0.2, 0) is 13.1 Å². The predicted octanol–water partition coefficient (Wildman–Crippen LogP) is 2.77. The van der Waals surface area contributed by atoms with E-state index in [4.69, 9.17) is 4.99 Å². The summed E-state index contributed by atoms with van der Waals surface area (Å²) >= 11 is 0. The lowest BCUT2D eigenvalue weighted by atomic mass is 10.1. The zero-order valence-corrected chi connectivity index (χ0v) is 20.0. The van der Waals surface area contributed by atoms with Gasteiger partial charge >= 0.3 is 0 Å². The third-order valence-electron chi connectivity index (χ3n) is 5.05. The molecule has 29 heavy (non-hydrogen) atoms. The quantitative estimate of drug-likeness (QED) is 0.256. The average Bonchev–Trinajstić information content (AvgIpc) is 3.21. The Bertz CT molecular complexity index is 724. The summed E-state index contributed by atoms with van der Waals surface area (Å²) in [5.41, 5.74) is 2.74. The number of benzene rings is 1. The first-order valence-electron chi connectivity index (χ1n) is 10.4. The van der Waals surface area contributed by atoms with Gasteiger partial charge in [0.15, 0.2) is 5.96 Å². The molecule has 0 bridgehead atoms. The molecule has 1 saturated heterocycles. The molecule has 0 atom stereocenters. The maximum atomic E-state index is 4.85. The normalized spacial score (nSPS) is 15.2. The number of aromatic nitrogens is 3. The fourth-order valence-electron chi connectivity index (χ4n) is 3.54. The number of halogens is 1. The van der Waals surface area contributed by atoms with Crippen LogP contribution in [0.4, 0.5) is 0 Å². The number of nitrogens with one attached hydrogen (secondary N) is 1. The minimum atomic E-state index is 0. The summed E-state index contributed by atoms with van der Waals surface area (Å²) < 4.78 is 2.02. The molecule has 0 unspecified atom stereocenters. The predicted molar refractivity (Wildman–Crippen MR) is 129 cm³/mol. The zero-order valence-electron chi connectivity index (χ0n) is 17.6. The van der Waals surface area contributed by atoms with Gasteiger partial charge in [-0.3, -0.25) is 9.89 Å². The molecule has 1 N–H and O–H groups in total. The lowest BCUT2D eigenvalue weighted by Gasteiger charge is -2.36. The van der Waals surface area contributed by atoms with Crippen molar-refractivity contribution in [2.75, 3.05) is 39.3 Å². The van der Waals surface area contributed by atoms with Crippen molar-refractivity contribution in [3.8, 4) is 0 Å². The van der Waals surface area contributed by atoms with E-state index >= 15 is 0 Å². The summed E-state index contributed by atoms with van der Waals surface area (Å²) in [5, 5.41) is 11.1. The number of hydrogen-bond donors (Lipinski definition) is 1. The first kappa shape index (κ1) is 23.6. The molecule has 0 saturated carbocycles. The molecule has 1 fully saturated rings. The van der Waals surface area contributed by atoms with Crippen LogP contribution in [0.1, 0.15) is 30.9 Å². The van der Waals surface area contributed by atoms with E-state index in [9.17, 15) is 0 Å². The van der Waals surface area contributed by atoms with Crippen molar-refractivity contribution >= 4 is 29.9 Å². The Morgan fingerprint density at radius 3 is 2.55 bits per heavy atom. The van der Waals surface area contributed by atoms with Gasteiger partial charge in [-0.2, -0.15) is 0 Å². The maximum Gasteiger partial charge on any atom is 0.194 e. The average molecular weight is 511 g/mol. The van der Waals surface area contributed by atoms with Gasteiger partial charge in [0, 0.05) is 52.4 Å². The Kier molecular flexibility index (Phi) is 10.4. The third-order valence-corrected chi connectivity index (χ3v) is 5.05. The minimum Gasteiger partial charge on any atom is -0.357 e. The molecular formula is C21H34IN7. The van der Waals surface area contributed by atoms with Gasteiger partial charge < -0.3 is 14.8 Å². The standard InChI is InChI=1S/C21H33N7.HI/c1-3-22-21(23-9-4-5-10-27-17-24-25-18-27)28-13-11-26(12-14-28)16-20-8-6-7-19(2)15-20;/h6-8,15,17-18H,3-5,9-14,16H2,1-2H3,(H,22,23);1H. The number of guanidine groups is 1. The van der Waals surface area contributed by atoms with Crippen LogP contribution in [0.25, 0.3) is 0 Å². The maximum absolute atomic E-state index is 4.85. The highest BCUT2D eigenvalue weighted by Gasteiger charge is 2.19. The van der Waals surface area contributed by atoms with E-state index < -0.39 is 0 Å². The second kappa shape index (κ2) is 12.8. The van der Waals surface area contributed by atoms with Crippen molar-refractivity contribution in [2.45, 2.75) is 39.8 Å². The number of unbranched alkanes of at least 4 members (excludes halogenated alkanes) is 1. The Morgan fingerprint density at radius 1 is 1.10 bits per heavy atom. The topological polar surface area (TPSA) is 61.6 Å². The van der Waals surface area contributed by atoms with Gasteiger partial charge in [-0.1, -0.05) is 29.8 Å². The van der Waals surface area contributed by atoms with Crippen LogP contribution in [0.15, 0.2) is 41.9 Å². The van der Waals surface area contributed by atoms with Crippen LogP contribution in [0.3, 0.4) is 0 Å². The second-order valence-corrected chi connectivity index (χ2v) is 7.39. The van der Waals surface area contributed by atoms with Crippen LogP contribution in [0, 0.1) is 6.92 Å². The van der Waals surface area contributed by atoms with Crippen LogP contribution < -0.4 is 5.32 Å². The molecule has 1 aliphatic rings. The molecule has 0 amide bonds. The summed E-state index contributed by atoms with van der Waals surface area (Å²) in [7, 11) is 0. The van der Waals surface area contributed by atoms with Crippen LogP contribution >= 0.6 is 24.0 Å². The summed E-state index contributed by atoms with van der Waals surface area (Å²) in [6.45, 7) is 12.2. The molecule has 160 valence electrons. The largest absolute Gasteiger partial charge is 0.357 e. The van der Waals surface area contributed by atoms with Gasteiger partial charge in [-0.15, -0.1) is 34.2 Å². The highest BCUT2D eigenvalue weighted by atomic mass is 127. The first-order chi connectivity index (χ1) is 13.7. The summed E-state index contributed by atoms with van der Waals surface area (Å²) in [6.07, 6.45) is 5.69. The number of aliphatic imine (C=N–C) groups is 1. The molecule has 7 nitrogen and oxygen atoms in total. The molecule has 1 aromatic carbocycles. The van der Waals surface area contributed by atoms with E-state index in [1.807, 2.05) is 4.57 Å². The van der Waals surface area contributed by atoms with E-state index in [0.717, 1.165) is 71.2 Å². The Morgan fingerprint density at radius 2 is 1.86 bits per heavy atom. The minimum absolute atomic E-state index is 0. The van der Waals surface area contributed by atoms with Crippen molar-refractivity contribution in [3.63, 3.8) is 0 Å². The Hall–Kier alpha value is -1.68. The molecule has 0 spiro atoms. The number of rotatable bonds is 8. The van der Waals surface area contributed by atoms with Crippen molar-refractivity contribution in [3.05, 3.63) is 48.0 Å². The van der Waals surface area contributed by atoms with E-state index in [0.29, 0.717) is 0 Å². The molecular weight excluding hydrogens is 477 g/mol. The van der Waals surface area contributed by atoms with Crippen molar-refractivity contribution in [1.29, 1.82) is 0 Å². The van der Waals surface area contributed by atoms with E-state index in [1.54, 1.807) is 12.7 Å². The highest BCUT2D eigenvalue weighted by Crippen LogP contribution is 2.10. The fraction of sp³-hybridized carbons (Fsp3) is 0.571. The number of hydrogen-bond acceptors (Lipinski definition) is 4. The molecule has 1 aromatic heterocycles. The fourth-order valence-corrected chi connectivity index (χ4v) is 3.54. The van der Waals surface area contributed by atoms with Crippen LogP contribution in [0.2, 0.25) is 0 Å². The third kappa shape index (κ3) is 7.93. The van der Waals surface area contributed by atoms with Gasteiger partial charge in [0.1, 0.15) is 12.7 Å². The monoisotopic (exact) mass is 511 g/mol. The molecule has 2 aromatic rings.